The molecule has 0 bridgehead atoms. The summed E-state index contributed by atoms with van der Waals surface area (Å²) in [6.07, 6.45) is 1.83. The van der Waals surface area contributed by atoms with Crippen LogP contribution in [0.3, 0.4) is 0 Å². The monoisotopic (exact) mass is 240 g/mol. The summed E-state index contributed by atoms with van der Waals surface area (Å²) in [5, 5.41) is 1.29. The van der Waals surface area contributed by atoms with Crippen molar-refractivity contribution in [3.63, 3.8) is 0 Å². The molecule has 0 amide bonds. The Labute approximate surface area is 105 Å². The zero-order valence-electron chi connectivity index (χ0n) is 10.5. The minimum Gasteiger partial charge on any atom is -0.353 e. The number of fused-ring (bicyclic) bond motifs is 1. The van der Waals surface area contributed by atoms with Crippen LogP contribution in [0.1, 0.15) is 17.0 Å². The largest absolute Gasteiger partial charge is 0.353 e. The van der Waals surface area contributed by atoms with Gasteiger partial charge in [-0.1, -0.05) is 12.1 Å². The third-order valence-corrected chi connectivity index (χ3v) is 3.37. The van der Waals surface area contributed by atoms with E-state index in [0.717, 1.165) is 22.7 Å². The van der Waals surface area contributed by atoms with Crippen LogP contribution in [0.4, 0.5) is 0 Å². The number of aromatic nitrogens is 3. The van der Waals surface area contributed by atoms with Crippen molar-refractivity contribution in [3.8, 4) is 11.4 Å². The van der Waals surface area contributed by atoms with Crippen LogP contribution in [0.5, 0.6) is 0 Å². The van der Waals surface area contributed by atoms with E-state index < -0.39 is 0 Å². The van der Waals surface area contributed by atoms with E-state index in [1.807, 2.05) is 6.20 Å². The van der Waals surface area contributed by atoms with Gasteiger partial charge in [-0.25, -0.2) is 4.98 Å². The first-order valence-electron chi connectivity index (χ1n) is 6.03. The van der Waals surface area contributed by atoms with E-state index in [-0.39, 0.29) is 0 Å². The van der Waals surface area contributed by atoms with Crippen molar-refractivity contribution in [1.29, 1.82) is 0 Å². The Kier molecular flexibility index (Phi) is 2.45. The number of H-pyrrole nitrogens is 2. The summed E-state index contributed by atoms with van der Waals surface area (Å²) in [6.45, 7) is 4.69. The highest BCUT2D eigenvalue weighted by Crippen LogP contribution is 2.30. The molecule has 0 aliphatic heterocycles. The highest BCUT2D eigenvalue weighted by atomic mass is 14.9. The first-order valence-corrected chi connectivity index (χ1v) is 6.03. The second-order valence-electron chi connectivity index (χ2n) is 4.57. The normalized spacial score (nSPS) is 11.3. The van der Waals surface area contributed by atoms with Gasteiger partial charge in [0.25, 0.3) is 0 Å². The lowest BCUT2D eigenvalue weighted by Crippen LogP contribution is -1.97. The molecule has 4 N–H and O–H groups in total. The minimum atomic E-state index is 0.429. The van der Waals surface area contributed by atoms with Crippen molar-refractivity contribution in [2.75, 3.05) is 0 Å². The van der Waals surface area contributed by atoms with Crippen LogP contribution in [-0.2, 0) is 6.54 Å². The van der Waals surface area contributed by atoms with Crippen molar-refractivity contribution in [2.45, 2.75) is 20.4 Å². The van der Waals surface area contributed by atoms with E-state index in [1.54, 1.807) is 0 Å². The maximum atomic E-state index is 5.57. The van der Waals surface area contributed by atoms with Crippen LogP contribution in [0.25, 0.3) is 22.3 Å². The lowest BCUT2D eigenvalue weighted by Gasteiger charge is -1.97. The third-order valence-electron chi connectivity index (χ3n) is 3.37. The van der Waals surface area contributed by atoms with Crippen LogP contribution >= 0.6 is 0 Å². The molecule has 0 spiro atoms. The van der Waals surface area contributed by atoms with Crippen LogP contribution in [0.15, 0.2) is 24.4 Å². The summed E-state index contributed by atoms with van der Waals surface area (Å²) in [5.74, 6) is 0.805. The molecule has 1 aromatic carbocycles. The molecule has 0 saturated carbocycles. The summed E-state index contributed by atoms with van der Waals surface area (Å²) in [6, 6.07) is 6.29. The van der Waals surface area contributed by atoms with E-state index in [4.69, 9.17) is 5.73 Å². The van der Waals surface area contributed by atoms with Gasteiger partial charge in [0.1, 0.15) is 5.82 Å². The van der Waals surface area contributed by atoms with E-state index in [1.165, 1.54) is 16.5 Å². The molecule has 4 heteroatoms. The van der Waals surface area contributed by atoms with Crippen molar-refractivity contribution >= 4 is 10.9 Å². The Balaban J connectivity index is 2.23. The lowest BCUT2D eigenvalue weighted by molar-refractivity contribution is 0.950. The molecule has 2 heterocycles. The van der Waals surface area contributed by atoms with E-state index in [2.05, 4.69) is 47.0 Å². The van der Waals surface area contributed by atoms with Gasteiger partial charge in [-0.15, -0.1) is 0 Å². The predicted molar refractivity (Wildman–Crippen MR) is 73.2 cm³/mol. The van der Waals surface area contributed by atoms with Gasteiger partial charge in [-0.3, -0.25) is 0 Å². The first kappa shape index (κ1) is 11.0. The van der Waals surface area contributed by atoms with Gasteiger partial charge in [0.15, 0.2) is 0 Å². The number of aromatic amines is 2. The molecule has 0 fully saturated rings. The minimum absolute atomic E-state index is 0.429. The number of aryl methyl sites for hydroxylation is 2. The SMILES string of the molecule is Cc1cccc2[nH]c(-c3cnc(CN)[nH]3)c(C)c12. The molecule has 0 aliphatic rings. The fraction of sp³-hybridized carbons (Fsp3) is 0.214. The number of nitrogens with one attached hydrogen (secondary N) is 2. The number of rotatable bonds is 2. The smallest absolute Gasteiger partial charge is 0.120 e. The van der Waals surface area contributed by atoms with Crippen molar-refractivity contribution in [1.82, 2.24) is 15.0 Å². The summed E-state index contributed by atoms with van der Waals surface area (Å²) >= 11 is 0. The first-order chi connectivity index (χ1) is 8.70. The number of hydrogen-bond acceptors (Lipinski definition) is 2. The van der Waals surface area contributed by atoms with Crippen LogP contribution in [0, 0.1) is 13.8 Å². The predicted octanol–water partition coefficient (Wildman–Crippen LogP) is 2.63. The fourth-order valence-corrected chi connectivity index (χ4v) is 2.49. The average molecular weight is 240 g/mol. The Bertz CT molecular complexity index is 706. The average Bonchev–Trinajstić information content (AvgIpc) is 2.94. The second-order valence-corrected chi connectivity index (χ2v) is 4.57. The zero-order chi connectivity index (χ0) is 12.7. The van der Waals surface area contributed by atoms with Gasteiger partial charge in [-0.05, 0) is 31.0 Å². The Hall–Kier alpha value is -2.07. The molecule has 0 unspecified atom stereocenters. The molecule has 0 atom stereocenters. The second kappa shape index (κ2) is 3.99. The van der Waals surface area contributed by atoms with Gasteiger partial charge < -0.3 is 15.7 Å². The van der Waals surface area contributed by atoms with Gasteiger partial charge >= 0.3 is 0 Å². The molecule has 2 aromatic heterocycles. The Morgan fingerprint density at radius 2 is 2.06 bits per heavy atom. The zero-order valence-corrected chi connectivity index (χ0v) is 10.5. The van der Waals surface area contributed by atoms with Crippen molar-refractivity contribution in [3.05, 3.63) is 41.3 Å². The molecule has 0 radical (unpaired) electrons. The molecular formula is C14H16N4. The highest BCUT2D eigenvalue weighted by Gasteiger charge is 2.12. The molecule has 92 valence electrons. The fourth-order valence-electron chi connectivity index (χ4n) is 2.49. The number of nitrogens with zero attached hydrogens (tertiary/aromatic N) is 1. The number of hydrogen-bond donors (Lipinski definition) is 3. The summed E-state index contributed by atoms with van der Waals surface area (Å²) < 4.78 is 0. The maximum Gasteiger partial charge on any atom is 0.120 e. The summed E-state index contributed by atoms with van der Waals surface area (Å²) in [7, 11) is 0. The topological polar surface area (TPSA) is 70.5 Å². The maximum absolute atomic E-state index is 5.57. The molecule has 3 rings (SSSR count). The summed E-state index contributed by atoms with van der Waals surface area (Å²) in [4.78, 5) is 10.9. The van der Waals surface area contributed by atoms with Gasteiger partial charge in [-0.2, -0.15) is 0 Å². The van der Waals surface area contributed by atoms with Gasteiger partial charge in [0, 0.05) is 10.9 Å². The number of nitrogens with two attached hydrogens (primary N) is 1. The van der Waals surface area contributed by atoms with Crippen LogP contribution < -0.4 is 5.73 Å². The van der Waals surface area contributed by atoms with Crippen molar-refractivity contribution < 1.29 is 0 Å². The standard InChI is InChI=1S/C14H16N4/c1-8-4-3-5-10-13(8)9(2)14(18-10)11-7-16-12(6-15)17-11/h3-5,7,18H,6,15H2,1-2H3,(H,16,17). The third kappa shape index (κ3) is 1.54. The lowest BCUT2D eigenvalue weighted by atomic mass is 10.1. The molecule has 3 aromatic rings. The quantitative estimate of drug-likeness (QED) is 0.644. The van der Waals surface area contributed by atoms with Crippen LogP contribution in [-0.4, -0.2) is 15.0 Å². The molecule has 0 aliphatic carbocycles. The molecule has 0 saturated heterocycles. The Morgan fingerprint density at radius 3 is 2.72 bits per heavy atom. The van der Waals surface area contributed by atoms with Crippen molar-refractivity contribution in [2.24, 2.45) is 5.73 Å². The highest BCUT2D eigenvalue weighted by molar-refractivity contribution is 5.92. The van der Waals surface area contributed by atoms with E-state index >= 15 is 0 Å². The summed E-state index contributed by atoms with van der Waals surface area (Å²) in [5.41, 5.74) is 11.3. The number of benzene rings is 1. The van der Waals surface area contributed by atoms with E-state index in [0.29, 0.717) is 6.54 Å². The Morgan fingerprint density at radius 1 is 1.22 bits per heavy atom. The van der Waals surface area contributed by atoms with E-state index in [9.17, 15) is 0 Å². The van der Waals surface area contributed by atoms with Gasteiger partial charge in [0.05, 0.1) is 24.1 Å². The number of imidazole rings is 1. The van der Waals surface area contributed by atoms with Crippen LogP contribution in [0.2, 0.25) is 0 Å². The van der Waals surface area contributed by atoms with Gasteiger partial charge in [0.2, 0.25) is 0 Å². The molecule has 18 heavy (non-hydrogen) atoms. The molecular weight excluding hydrogens is 224 g/mol. The molecule has 4 nitrogen and oxygen atoms in total.